The van der Waals surface area contributed by atoms with E-state index < -0.39 is 11.6 Å². The van der Waals surface area contributed by atoms with Crippen LogP contribution in [0.2, 0.25) is 0 Å². The first-order valence-corrected chi connectivity index (χ1v) is 8.08. The van der Waals surface area contributed by atoms with Gasteiger partial charge in [-0.1, -0.05) is 11.8 Å². The van der Waals surface area contributed by atoms with Gasteiger partial charge in [0, 0.05) is 25.2 Å². The largest absolute Gasteiger partial charge is 0.367 e. The van der Waals surface area contributed by atoms with E-state index in [4.69, 9.17) is 0 Å². The van der Waals surface area contributed by atoms with Crippen LogP contribution in [0.25, 0.3) is 0 Å². The molecule has 122 valence electrons. The predicted octanol–water partition coefficient (Wildman–Crippen LogP) is 1.57. The molecule has 1 fully saturated rings. The monoisotopic (exact) mass is 339 g/mol. The number of anilines is 1. The van der Waals surface area contributed by atoms with Crippen LogP contribution in [0, 0.1) is 11.6 Å². The summed E-state index contributed by atoms with van der Waals surface area (Å²) in [7, 11) is 0. The normalized spacial score (nSPS) is 17.5. The standard InChI is InChI=1S/C14H15F2N5OS/c15-9-1-2-12(11(16)5-9)21-4-3-10(6-21)19-13(22)7-23-14-17-8-18-20-14/h1-2,5,8,10H,3-4,6-7H2,(H,19,22)(H,17,18,20)/t10-/m0/s1. The number of aromatic nitrogens is 3. The lowest BCUT2D eigenvalue weighted by Gasteiger charge is -2.19. The van der Waals surface area contributed by atoms with Crippen molar-refractivity contribution in [3.05, 3.63) is 36.2 Å². The number of aromatic amines is 1. The highest BCUT2D eigenvalue weighted by atomic mass is 32.2. The number of amides is 1. The third-order valence-electron chi connectivity index (χ3n) is 3.54. The average molecular weight is 339 g/mol. The summed E-state index contributed by atoms with van der Waals surface area (Å²) >= 11 is 1.26. The molecule has 9 heteroatoms. The van der Waals surface area contributed by atoms with Gasteiger partial charge in [-0.05, 0) is 18.6 Å². The summed E-state index contributed by atoms with van der Waals surface area (Å²) in [6.45, 7) is 1.12. The molecule has 6 nitrogen and oxygen atoms in total. The number of nitrogens with one attached hydrogen (secondary N) is 2. The quantitative estimate of drug-likeness (QED) is 0.809. The third-order valence-corrected chi connectivity index (χ3v) is 4.41. The number of benzene rings is 1. The number of nitrogens with zero attached hydrogens (tertiary/aromatic N) is 3. The number of carbonyl (C=O) groups excluding carboxylic acids is 1. The summed E-state index contributed by atoms with van der Waals surface area (Å²) in [5.74, 6) is -1.06. The molecule has 1 atom stereocenters. The van der Waals surface area contributed by atoms with E-state index in [1.807, 2.05) is 4.90 Å². The molecule has 2 heterocycles. The highest BCUT2D eigenvalue weighted by Crippen LogP contribution is 2.24. The van der Waals surface area contributed by atoms with Crippen molar-refractivity contribution >= 4 is 23.4 Å². The molecule has 2 N–H and O–H groups in total. The van der Waals surface area contributed by atoms with Crippen LogP contribution < -0.4 is 10.2 Å². The van der Waals surface area contributed by atoms with Gasteiger partial charge >= 0.3 is 0 Å². The molecular formula is C14H15F2N5OS. The first-order chi connectivity index (χ1) is 11.1. The maximum atomic E-state index is 13.8. The van der Waals surface area contributed by atoms with E-state index in [0.29, 0.717) is 23.9 Å². The van der Waals surface area contributed by atoms with Gasteiger partial charge in [0.2, 0.25) is 5.91 Å². The lowest BCUT2D eigenvalue weighted by molar-refractivity contribution is -0.119. The Labute approximate surface area is 135 Å². The molecule has 1 aliphatic rings. The predicted molar refractivity (Wildman–Crippen MR) is 82.2 cm³/mol. The molecule has 0 aliphatic carbocycles. The summed E-state index contributed by atoms with van der Waals surface area (Å²) < 4.78 is 26.7. The van der Waals surface area contributed by atoms with E-state index in [1.54, 1.807) is 0 Å². The van der Waals surface area contributed by atoms with Crippen molar-refractivity contribution in [2.75, 3.05) is 23.7 Å². The van der Waals surface area contributed by atoms with Crippen molar-refractivity contribution < 1.29 is 13.6 Å². The smallest absolute Gasteiger partial charge is 0.230 e. The topological polar surface area (TPSA) is 73.9 Å². The van der Waals surface area contributed by atoms with E-state index in [2.05, 4.69) is 20.5 Å². The summed E-state index contributed by atoms with van der Waals surface area (Å²) in [6.07, 6.45) is 2.10. The molecule has 3 rings (SSSR count). The minimum Gasteiger partial charge on any atom is -0.367 e. The van der Waals surface area contributed by atoms with Gasteiger partial charge in [0.05, 0.1) is 11.4 Å². The Hall–Kier alpha value is -2.16. The number of thioether (sulfide) groups is 1. The minimum atomic E-state index is -0.597. The fourth-order valence-corrected chi connectivity index (χ4v) is 3.09. The van der Waals surface area contributed by atoms with Gasteiger partial charge in [-0.2, -0.15) is 5.10 Å². The van der Waals surface area contributed by atoms with Crippen LogP contribution in [-0.4, -0.2) is 46.0 Å². The van der Waals surface area contributed by atoms with Gasteiger partial charge in [0.25, 0.3) is 0 Å². The van der Waals surface area contributed by atoms with Gasteiger partial charge in [0.1, 0.15) is 18.0 Å². The van der Waals surface area contributed by atoms with Gasteiger partial charge in [0.15, 0.2) is 5.16 Å². The van der Waals surface area contributed by atoms with E-state index in [0.717, 1.165) is 12.5 Å². The van der Waals surface area contributed by atoms with Crippen LogP contribution in [0.15, 0.2) is 29.7 Å². The van der Waals surface area contributed by atoms with Crippen molar-refractivity contribution in [3.8, 4) is 0 Å². The molecule has 1 aromatic carbocycles. The number of H-pyrrole nitrogens is 1. The second kappa shape index (κ2) is 6.95. The van der Waals surface area contributed by atoms with Gasteiger partial charge in [-0.3, -0.25) is 9.89 Å². The summed E-state index contributed by atoms with van der Waals surface area (Å²) in [4.78, 5) is 17.6. The Morgan fingerprint density at radius 1 is 1.48 bits per heavy atom. The molecule has 23 heavy (non-hydrogen) atoms. The third kappa shape index (κ3) is 3.98. The summed E-state index contributed by atoms with van der Waals surface area (Å²) in [6, 6.07) is 3.48. The maximum Gasteiger partial charge on any atom is 0.230 e. The first kappa shape index (κ1) is 15.7. The highest BCUT2D eigenvalue weighted by molar-refractivity contribution is 7.99. The van der Waals surface area contributed by atoms with Crippen molar-refractivity contribution in [2.24, 2.45) is 0 Å². The number of carbonyl (C=O) groups is 1. The fourth-order valence-electron chi connectivity index (χ4n) is 2.50. The van der Waals surface area contributed by atoms with E-state index >= 15 is 0 Å². The number of hydrogen-bond donors (Lipinski definition) is 2. The molecule has 0 spiro atoms. The minimum absolute atomic E-state index is 0.0534. The van der Waals surface area contributed by atoms with E-state index in [-0.39, 0.29) is 17.7 Å². The zero-order chi connectivity index (χ0) is 16.2. The van der Waals surface area contributed by atoms with Crippen LogP contribution in [-0.2, 0) is 4.79 Å². The first-order valence-electron chi connectivity index (χ1n) is 7.09. The van der Waals surface area contributed by atoms with Crippen LogP contribution in [0.3, 0.4) is 0 Å². The molecule has 0 saturated carbocycles. The molecular weight excluding hydrogens is 324 g/mol. The lowest BCUT2D eigenvalue weighted by Crippen LogP contribution is -2.38. The number of rotatable bonds is 5. The zero-order valence-corrected chi connectivity index (χ0v) is 12.9. The number of halogens is 2. The maximum absolute atomic E-state index is 13.8. The number of hydrogen-bond acceptors (Lipinski definition) is 5. The Morgan fingerprint density at radius 3 is 3.09 bits per heavy atom. The van der Waals surface area contributed by atoms with Crippen molar-refractivity contribution in [1.29, 1.82) is 0 Å². The molecule has 2 aromatic rings. The second-order valence-corrected chi connectivity index (χ2v) is 6.14. The lowest BCUT2D eigenvalue weighted by atomic mass is 10.2. The zero-order valence-electron chi connectivity index (χ0n) is 12.1. The average Bonchev–Trinajstić information content (AvgIpc) is 3.17. The van der Waals surface area contributed by atoms with E-state index in [9.17, 15) is 13.6 Å². The second-order valence-electron chi connectivity index (χ2n) is 5.17. The Kier molecular flexibility index (Phi) is 4.75. The molecule has 0 unspecified atom stereocenters. The van der Waals surface area contributed by atoms with Crippen LogP contribution in [0.5, 0.6) is 0 Å². The molecule has 1 saturated heterocycles. The van der Waals surface area contributed by atoms with Crippen LogP contribution in [0.1, 0.15) is 6.42 Å². The van der Waals surface area contributed by atoms with Gasteiger partial charge < -0.3 is 10.2 Å². The summed E-state index contributed by atoms with van der Waals surface area (Å²) in [5, 5.41) is 9.87. The van der Waals surface area contributed by atoms with Crippen molar-refractivity contribution in [3.63, 3.8) is 0 Å². The summed E-state index contributed by atoms with van der Waals surface area (Å²) in [5.41, 5.74) is 0.360. The van der Waals surface area contributed by atoms with Crippen LogP contribution >= 0.6 is 11.8 Å². The highest BCUT2D eigenvalue weighted by Gasteiger charge is 2.25. The molecule has 1 amide bonds. The molecule has 1 aromatic heterocycles. The Morgan fingerprint density at radius 2 is 2.35 bits per heavy atom. The van der Waals surface area contributed by atoms with Gasteiger partial charge in [-0.15, -0.1) is 0 Å². The van der Waals surface area contributed by atoms with Crippen molar-refractivity contribution in [2.45, 2.75) is 17.6 Å². The molecule has 0 bridgehead atoms. The van der Waals surface area contributed by atoms with Gasteiger partial charge in [-0.25, -0.2) is 13.8 Å². The Bertz CT molecular complexity index is 682. The molecule has 0 radical (unpaired) electrons. The SMILES string of the molecule is O=C(CSc1ncn[nH]1)N[C@H]1CCN(c2ccc(F)cc2F)C1. The van der Waals surface area contributed by atoms with E-state index in [1.165, 1.54) is 30.2 Å². The van der Waals surface area contributed by atoms with Crippen molar-refractivity contribution in [1.82, 2.24) is 20.5 Å². The Balaban J connectivity index is 1.50. The molecule has 1 aliphatic heterocycles. The fraction of sp³-hybridized carbons (Fsp3) is 0.357. The van der Waals surface area contributed by atoms with Crippen LogP contribution in [0.4, 0.5) is 14.5 Å².